The third-order valence-electron chi connectivity index (χ3n) is 6.11. The Morgan fingerprint density at radius 3 is 2.29 bits per heavy atom. The van der Waals surface area contributed by atoms with Crippen molar-refractivity contribution in [2.75, 3.05) is 69.2 Å². The molecular formula is C21H26N8OS. The lowest BCUT2D eigenvalue weighted by atomic mass is 10.1. The van der Waals surface area contributed by atoms with Crippen LogP contribution in [0.15, 0.2) is 24.8 Å². The van der Waals surface area contributed by atoms with Gasteiger partial charge in [0.15, 0.2) is 0 Å². The Bertz CT molecular complexity index is 1070. The van der Waals surface area contributed by atoms with E-state index in [1.807, 2.05) is 17.9 Å². The van der Waals surface area contributed by atoms with Crippen LogP contribution in [0.2, 0.25) is 0 Å². The van der Waals surface area contributed by atoms with Gasteiger partial charge in [0.25, 0.3) is 5.91 Å². The van der Waals surface area contributed by atoms with Gasteiger partial charge in [-0.15, -0.1) is 11.3 Å². The zero-order valence-electron chi connectivity index (χ0n) is 17.9. The Morgan fingerprint density at radius 1 is 0.903 bits per heavy atom. The Kier molecular flexibility index (Phi) is 5.41. The molecule has 0 aliphatic carbocycles. The molecule has 10 heteroatoms. The molecule has 2 fully saturated rings. The largest absolute Gasteiger partial charge is 0.353 e. The number of aryl methyl sites for hydroxylation is 1. The van der Waals surface area contributed by atoms with Crippen molar-refractivity contribution in [2.45, 2.75) is 6.92 Å². The summed E-state index contributed by atoms with van der Waals surface area (Å²) >= 11 is 1.48. The number of hydrogen-bond acceptors (Lipinski definition) is 9. The van der Waals surface area contributed by atoms with E-state index < -0.39 is 0 Å². The highest BCUT2D eigenvalue weighted by Crippen LogP contribution is 2.36. The Labute approximate surface area is 185 Å². The molecule has 2 aliphatic rings. The summed E-state index contributed by atoms with van der Waals surface area (Å²) in [6.07, 6.45) is 5.12. The monoisotopic (exact) mass is 438 g/mol. The van der Waals surface area contributed by atoms with Crippen molar-refractivity contribution in [3.05, 3.63) is 35.2 Å². The van der Waals surface area contributed by atoms with Crippen LogP contribution in [-0.2, 0) is 0 Å². The molecule has 0 radical (unpaired) electrons. The van der Waals surface area contributed by atoms with Crippen LogP contribution in [0.1, 0.15) is 15.2 Å². The molecule has 0 atom stereocenters. The van der Waals surface area contributed by atoms with Crippen LogP contribution >= 0.6 is 11.3 Å². The van der Waals surface area contributed by atoms with E-state index >= 15 is 0 Å². The zero-order chi connectivity index (χ0) is 21.4. The second-order valence-corrected chi connectivity index (χ2v) is 9.05. The molecule has 31 heavy (non-hydrogen) atoms. The van der Waals surface area contributed by atoms with Crippen LogP contribution in [0.25, 0.3) is 10.2 Å². The Balaban J connectivity index is 1.36. The highest BCUT2D eigenvalue weighted by Gasteiger charge is 2.28. The highest BCUT2D eigenvalue weighted by atomic mass is 32.1. The third-order valence-corrected chi connectivity index (χ3v) is 7.29. The molecule has 5 heterocycles. The number of aromatic nitrogens is 4. The minimum Gasteiger partial charge on any atom is -0.353 e. The number of rotatable bonds is 3. The molecular weight excluding hydrogens is 412 g/mol. The number of fused-ring (bicyclic) bond motifs is 1. The number of carbonyl (C=O) groups excluding carboxylic acids is 1. The van der Waals surface area contributed by atoms with Crippen molar-refractivity contribution >= 4 is 39.2 Å². The summed E-state index contributed by atoms with van der Waals surface area (Å²) in [7, 11) is 2.14. The van der Waals surface area contributed by atoms with Gasteiger partial charge < -0.3 is 19.6 Å². The number of anilines is 2. The van der Waals surface area contributed by atoms with Gasteiger partial charge in [-0.25, -0.2) is 19.9 Å². The second-order valence-electron chi connectivity index (χ2n) is 8.05. The Hall–Kier alpha value is -2.85. The van der Waals surface area contributed by atoms with Gasteiger partial charge in [0.2, 0.25) is 5.95 Å². The standard InChI is InChI=1S/C21H26N8OS/c1-15-16-18(27-8-6-26(2)7-9-27)24-14-25-19(16)31-17(15)20(30)28-10-12-29(13-11-28)21-22-4-3-5-23-21/h3-5,14H,6-13H2,1-2H3. The topological polar surface area (TPSA) is 81.6 Å². The molecule has 3 aromatic heterocycles. The molecule has 0 unspecified atom stereocenters. The van der Waals surface area contributed by atoms with E-state index in [4.69, 9.17) is 0 Å². The Morgan fingerprint density at radius 2 is 1.58 bits per heavy atom. The van der Waals surface area contributed by atoms with Gasteiger partial charge in [-0.05, 0) is 25.6 Å². The number of nitrogens with zero attached hydrogens (tertiary/aromatic N) is 8. The van der Waals surface area contributed by atoms with E-state index in [0.717, 1.165) is 71.7 Å². The summed E-state index contributed by atoms with van der Waals surface area (Å²) in [6, 6.07) is 1.81. The van der Waals surface area contributed by atoms with Crippen LogP contribution < -0.4 is 9.80 Å². The molecule has 162 valence electrons. The third kappa shape index (κ3) is 3.81. The molecule has 2 aliphatic heterocycles. The van der Waals surface area contributed by atoms with Gasteiger partial charge >= 0.3 is 0 Å². The molecule has 5 rings (SSSR count). The van der Waals surface area contributed by atoms with Gasteiger partial charge in [-0.1, -0.05) is 0 Å². The predicted octanol–water partition coefficient (Wildman–Crippen LogP) is 1.50. The molecule has 9 nitrogen and oxygen atoms in total. The summed E-state index contributed by atoms with van der Waals surface area (Å²) in [4.78, 5) is 41.5. The van der Waals surface area contributed by atoms with Crippen LogP contribution in [0, 0.1) is 6.92 Å². The first-order valence-electron chi connectivity index (χ1n) is 10.6. The van der Waals surface area contributed by atoms with Crippen LogP contribution in [0.4, 0.5) is 11.8 Å². The maximum absolute atomic E-state index is 13.4. The first-order chi connectivity index (χ1) is 15.1. The number of thiophene rings is 1. The average Bonchev–Trinajstić information content (AvgIpc) is 3.16. The van der Waals surface area contributed by atoms with E-state index in [1.54, 1.807) is 18.7 Å². The number of amides is 1. The number of likely N-dealkylation sites (N-methyl/N-ethyl adjacent to an activating group) is 1. The van der Waals surface area contributed by atoms with Gasteiger partial charge in [-0.2, -0.15) is 0 Å². The normalized spacial score (nSPS) is 18.1. The quantitative estimate of drug-likeness (QED) is 0.609. The summed E-state index contributed by atoms with van der Waals surface area (Å²) in [5, 5.41) is 1.02. The highest BCUT2D eigenvalue weighted by molar-refractivity contribution is 7.20. The van der Waals surface area contributed by atoms with Crippen LogP contribution in [0.5, 0.6) is 0 Å². The molecule has 2 saturated heterocycles. The number of carbonyl (C=O) groups is 1. The van der Waals surface area contributed by atoms with Crippen molar-refractivity contribution in [3.8, 4) is 0 Å². The van der Waals surface area contributed by atoms with Crippen molar-refractivity contribution in [2.24, 2.45) is 0 Å². The fourth-order valence-corrected chi connectivity index (χ4v) is 5.33. The molecule has 0 saturated carbocycles. The lowest BCUT2D eigenvalue weighted by molar-refractivity contribution is 0.0750. The molecule has 0 N–H and O–H groups in total. The predicted molar refractivity (Wildman–Crippen MR) is 122 cm³/mol. The zero-order valence-corrected chi connectivity index (χ0v) is 18.7. The van der Waals surface area contributed by atoms with E-state index in [-0.39, 0.29) is 5.91 Å². The molecule has 0 spiro atoms. The summed E-state index contributed by atoms with van der Waals surface area (Å²) in [6.45, 7) is 8.69. The average molecular weight is 439 g/mol. The molecule has 0 bridgehead atoms. The lowest BCUT2D eigenvalue weighted by Gasteiger charge is -2.34. The van der Waals surface area contributed by atoms with Crippen LogP contribution in [0.3, 0.4) is 0 Å². The lowest BCUT2D eigenvalue weighted by Crippen LogP contribution is -2.49. The maximum Gasteiger partial charge on any atom is 0.264 e. The van der Waals surface area contributed by atoms with E-state index in [0.29, 0.717) is 13.1 Å². The summed E-state index contributed by atoms with van der Waals surface area (Å²) in [5.74, 6) is 1.76. The van der Waals surface area contributed by atoms with Gasteiger partial charge in [0.1, 0.15) is 17.0 Å². The van der Waals surface area contributed by atoms with Crippen molar-refractivity contribution in [1.29, 1.82) is 0 Å². The van der Waals surface area contributed by atoms with Gasteiger partial charge in [-0.3, -0.25) is 4.79 Å². The minimum absolute atomic E-state index is 0.0819. The van der Waals surface area contributed by atoms with Crippen molar-refractivity contribution in [1.82, 2.24) is 29.7 Å². The first-order valence-corrected chi connectivity index (χ1v) is 11.4. The summed E-state index contributed by atoms with van der Waals surface area (Å²) < 4.78 is 0. The maximum atomic E-state index is 13.4. The van der Waals surface area contributed by atoms with Gasteiger partial charge in [0.05, 0.1) is 10.3 Å². The van der Waals surface area contributed by atoms with Crippen LogP contribution in [-0.4, -0.2) is 95.0 Å². The summed E-state index contributed by atoms with van der Waals surface area (Å²) in [5.41, 5.74) is 0.994. The fraction of sp³-hybridized carbons (Fsp3) is 0.476. The van der Waals surface area contributed by atoms with Crippen molar-refractivity contribution in [3.63, 3.8) is 0 Å². The number of hydrogen-bond donors (Lipinski definition) is 0. The first kappa shape index (κ1) is 20.1. The SMILES string of the molecule is Cc1c(C(=O)N2CCN(c3ncccn3)CC2)sc2ncnc(N3CCN(C)CC3)c12. The van der Waals surface area contributed by atoms with E-state index in [2.05, 4.69) is 41.7 Å². The molecule has 3 aromatic rings. The molecule has 0 aromatic carbocycles. The smallest absolute Gasteiger partial charge is 0.264 e. The second kappa shape index (κ2) is 8.35. The minimum atomic E-state index is 0.0819. The molecule has 1 amide bonds. The van der Waals surface area contributed by atoms with Crippen molar-refractivity contribution < 1.29 is 4.79 Å². The fourth-order valence-electron chi connectivity index (χ4n) is 4.22. The number of piperazine rings is 2. The van der Waals surface area contributed by atoms with E-state index in [1.165, 1.54) is 11.3 Å². The van der Waals surface area contributed by atoms with Gasteiger partial charge in [0, 0.05) is 64.8 Å². The van der Waals surface area contributed by atoms with E-state index in [9.17, 15) is 4.79 Å².